The zero-order chi connectivity index (χ0) is 17.1. The number of amides is 1. The molecule has 0 radical (unpaired) electrons. The number of H-pyrrole nitrogens is 1. The molecule has 3 aromatic rings. The van der Waals surface area contributed by atoms with Crippen LogP contribution in [0, 0.1) is 13.8 Å². The number of hydrogen-bond acceptors (Lipinski definition) is 3. The Hall–Kier alpha value is -2.82. The van der Waals surface area contributed by atoms with Gasteiger partial charge in [0.25, 0.3) is 5.91 Å². The lowest BCUT2D eigenvalue weighted by molar-refractivity contribution is 0.0949. The number of ether oxygens (including phenoxy) is 1. The lowest BCUT2D eigenvalue weighted by Gasteiger charge is -2.12. The summed E-state index contributed by atoms with van der Waals surface area (Å²) in [5, 5.41) is 5.26. The Labute approximate surface area is 141 Å². The molecule has 1 amide bonds. The minimum absolute atomic E-state index is 0.156. The second-order valence-electron chi connectivity index (χ2n) is 5.77. The van der Waals surface area contributed by atoms with Crippen LogP contribution in [0.25, 0.3) is 10.8 Å². The van der Waals surface area contributed by atoms with E-state index in [4.69, 9.17) is 4.74 Å². The monoisotopic (exact) mass is 323 g/mol. The zero-order valence-corrected chi connectivity index (χ0v) is 14.1. The Morgan fingerprint density at radius 3 is 2.71 bits per heavy atom. The van der Waals surface area contributed by atoms with Gasteiger partial charge in [-0.25, -0.2) is 4.98 Å². The molecule has 2 N–H and O–H groups in total. The van der Waals surface area contributed by atoms with Crippen LogP contribution in [-0.2, 0) is 6.42 Å². The number of benzene rings is 2. The van der Waals surface area contributed by atoms with E-state index in [2.05, 4.69) is 27.4 Å². The van der Waals surface area contributed by atoms with E-state index in [1.807, 2.05) is 38.1 Å². The van der Waals surface area contributed by atoms with Crippen molar-refractivity contribution in [3.63, 3.8) is 0 Å². The number of aromatic amines is 1. The van der Waals surface area contributed by atoms with Crippen LogP contribution in [-0.4, -0.2) is 29.5 Å². The largest absolute Gasteiger partial charge is 0.496 e. The molecule has 0 aliphatic heterocycles. The summed E-state index contributed by atoms with van der Waals surface area (Å²) in [4.78, 5) is 19.5. The molecular formula is C19H21N3O2. The molecule has 1 aromatic heterocycles. The summed E-state index contributed by atoms with van der Waals surface area (Å²) in [6.07, 6.45) is 0.693. The summed E-state index contributed by atoms with van der Waals surface area (Å²) in [5.41, 5.74) is 2.34. The first-order valence-electron chi connectivity index (χ1n) is 7.96. The normalized spacial score (nSPS) is 10.8. The van der Waals surface area contributed by atoms with Crippen molar-refractivity contribution in [1.29, 1.82) is 0 Å². The second kappa shape index (κ2) is 6.74. The van der Waals surface area contributed by atoms with Gasteiger partial charge >= 0.3 is 0 Å². The van der Waals surface area contributed by atoms with Crippen LogP contribution >= 0.6 is 0 Å². The molecule has 124 valence electrons. The Kier molecular flexibility index (Phi) is 4.51. The summed E-state index contributed by atoms with van der Waals surface area (Å²) in [5.74, 6) is 1.43. The van der Waals surface area contributed by atoms with E-state index in [0.29, 0.717) is 18.7 Å². The molecule has 0 aliphatic carbocycles. The van der Waals surface area contributed by atoms with Crippen molar-refractivity contribution in [2.24, 2.45) is 0 Å². The summed E-state index contributed by atoms with van der Waals surface area (Å²) in [7, 11) is 1.67. The lowest BCUT2D eigenvalue weighted by Crippen LogP contribution is -2.26. The van der Waals surface area contributed by atoms with Gasteiger partial charge in [0.15, 0.2) is 0 Å². The number of carbonyl (C=O) groups is 1. The van der Waals surface area contributed by atoms with E-state index in [0.717, 1.165) is 28.2 Å². The number of aromatic nitrogens is 2. The van der Waals surface area contributed by atoms with Crippen LogP contribution in [0.3, 0.4) is 0 Å². The highest BCUT2D eigenvalue weighted by Crippen LogP contribution is 2.28. The van der Waals surface area contributed by atoms with E-state index in [-0.39, 0.29) is 5.91 Å². The van der Waals surface area contributed by atoms with Crippen LogP contribution in [0.5, 0.6) is 5.75 Å². The smallest absolute Gasteiger partial charge is 0.271 e. The quantitative estimate of drug-likeness (QED) is 0.758. The molecule has 0 atom stereocenters. The minimum Gasteiger partial charge on any atom is -0.496 e. The van der Waals surface area contributed by atoms with E-state index in [9.17, 15) is 4.79 Å². The molecule has 5 heteroatoms. The minimum atomic E-state index is -0.156. The third kappa shape index (κ3) is 3.11. The molecule has 1 heterocycles. The molecule has 5 nitrogen and oxygen atoms in total. The molecule has 3 rings (SSSR count). The molecular weight excluding hydrogens is 302 g/mol. The number of hydrogen-bond donors (Lipinski definition) is 2. The summed E-state index contributed by atoms with van der Waals surface area (Å²) < 4.78 is 5.49. The van der Waals surface area contributed by atoms with Crippen LogP contribution in [0.1, 0.15) is 27.6 Å². The van der Waals surface area contributed by atoms with Gasteiger partial charge in [-0.2, -0.15) is 0 Å². The van der Waals surface area contributed by atoms with Crippen molar-refractivity contribution in [3.05, 3.63) is 59.2 Å². The summed E-state index contributed by atoms with van der Waals surface area (Å²) in [6, 6.07) is 12.2. The highest BCUT2D eigenvalue weighted by molar-refractivity contribution is 5.93. The SMILES string of the molecule is COc1ccc2ccccc2c1CCNC(=O)c1nc(C)[nH]c1C. The molecule has 24 heavy (non-hydrogen) atoms. The zero-order valence-electron chi connectivity index (χ0n) is 14.1. The molecule has 0 aliphatic rings. The number of nitrogens with one attached hydrogen (secondary N) is 2. The maximum absolute atomic E-state index is 12.3. The number of rotatable bonds is 5. The van der Waals surface area contributed by atoms with Gasteiger partial charge < -0.3 is 15.0 Å². The van der Waals surface area contributed by atoms with Gasteiger partial charge in [-0.3, -0.25) is 4.79 Å². The average molecular weight is 323 g/mol. The molecule has 0 saturated heterocycles. The maximum atomic E-state index is 12.3. The second-order valence-corrected chi connectivity index (χ2v) is 5.77. The predicted octanol–water partition coefficient (Wildman–Crippen LogP) is 3.16. The molecule has 0 bridgehead atoms. The summed E-state index contributed by atoms with van der Waals surface area (Å²) >= 11 is 0. The van der Waals surface area contributed by atoms with Crippen LogP contribution in [0.15, 0.2) is 36.4 Å². The fourth-order valence-electron chi connectivity index (χ4n) is 2.98. The fraction of sp³-hybridized carbons (Fsp3) is 0.263. The van der Waals surface area contributed by atoms with E-state index in [1.165, 1.54) is 5.39 Å². The van der Waals surface area contributed by atoms with Gasteiger partial charge in [0.2, 0.25) is 0 Å². The van der Waals surface area contributed by atoms with Gasteiger partial charge in [-0.1, -0.05) is 30.3 Å². The molecule has 0 spiro atoms. The average Bonchev–Trinajstić information content (AvgIpc) is 2.93. The first-order chi connectivity index (χ1) is 11.6. The van der Waals surface area contributed by atoms with Gasteiger partial charge in [-0.15, -0.1) is 0 Å². The number of aryl methyl sites for hydroxylation is 2. The Morgan fingerprint density at radius 1 is 1.21 bits per heavy atom. The van der Waals surface area contributed by atoms with Gasteiger partial charge in [0.05, 0.1) is 7.11 Å². The third-order valence-electron chi connectivity index (χ3n) is 4.10. The van der Waals surface area contributed by atoms with Gasteiger partial charge in [0, 0.05) is 17.8 Å². The van der Waals surface area contributed by atoms with E-state index >= 15 is 0 Å². The third-order valence-corrected chi connectivity index (χ3v) is 4.10. The van der Waals surface area contributed by atoms with Crippen molar-refractivity contribution >= 4 is 16.7 Å². The van der Waals surface area contributed by atoms with Crippen molar-refractivity contribution in [3.8, 4) is 5.75 Å². The topological polar surface area (TPSA) is 67.0 Å². The number of nitrogens with zero attached hydrogens (tertiary/aromatic N) is 1. The first kappa shape index (κ1) is 16.1. The Morgan fingerprint density at radius 2 is 2.00 bits per heavy atom. The standard InChI is InChI=1S/C19H21N3O2/c1-12-18(22-13(2)21-12)19(23)20-11-10-16-15-7-5-4-6-14(15)8-9-17(16)24-3/h4-9H,10-11H2,1-3H3,(H,20,23)(H,21,22). The number of methoxy groups -OCH3 is 1. The maximum Gasteiger partial charge on any atom is 0.271 e. The van der Waals surface area contributed by atoms with E-state index < -0.39 is 0 Å². The number of fused-ring (bicyclic) bond motifs is 1. The van der Waals surface area contributed by atoms with Crippen LogP contribution in [0.4, 0.5) is 0 Å². The first-order valence-corrected chi connectivity index (χ1v) is 7.96. The molecule has 0 unspecified atom stereocenters. The van der Waals surface area contributed by atoms with Crippen molar-refractivity contribution in [2.45, 2.75) is 20.3 Å². The van der Waals surface area contributed by atoms with E-state index in [1.54, 1.807) is 7.11 Å². The van der Waals surface area contributed by atoms with Gasteiger partial charge in [-0.05, 0) is 37.1 Å². The lowest BCUT2D eigenvalue weighted by atomic mass is 10.0. The Balaban J connectivity index is 1.76. The summed E-state index contributed by atoms with van der Waals surface area (Å²) in [6.45, 7) is 4.21. The number of carbonyl (C=O) groups excluding carboxylic acids is 1. The number of imidazole rings is 1. The molecule has 2 aromatic carbocycles. The highest BCUT2D eigenvalue weighted by Gasteiger charge is 2.14. The van der Waals surface area contributed by atoms with Crippen molar-refractivity contribution in [2.75, 3.05) is 13.7 Å². The van der Waals surface area contributed by atoms with Crippen LogP contribution in [0.2, 0.25) is 0 Å². The van der Waals surface area contributed by atoms with Crippen molar-refractivity contribution in [1.82, 2.24) is 15.3 Å². The van der Waals surface area contributed by atoms with Crippen LogP contribution < -0.4 is 10.1 Å². The fourth-order valence-corrected chi connectivity index (χ4v) is 2.98. The molecule has 0 saturated carbocycles. The van der Waals surface area contributed by atoms with Gasteiger partial charge in [0.1, 0.15) is 17.3 Å². The predicted molar refractivity (Wildman–Crippen MR) is 94.6 cm³/mol. The van der Waals surface area contributed by atoms with Crippen molar-refractivity contribution < 1.29 is 9.53 Å². The highest BCUT2D eigenvalue weighted by atomic mass is 16.5. The molecule has 0 fully saturated rings. The Bertz CT molecular complexity index is 883.